The molecule has 0 unspecified atom stereocenters. The molecule has 112 valence electrons. The molecule has 1 aromatic rings. The maximum absolute atomic E-state index is 12.0. The van der Waals surface area contributed by atoms with Crippen molar-refractivity contribution < 1.29 is 9.53 Å². The van der Waals surface area contributed by atoms with Crippen LogP contribution < -0.4 is 15.8 Å². The van der Waals surface area contributed by atoms with Crippen molar-refractivity contribution in [1.29, 1.82) is 0 Å². The fourth-order valence-corrected chi connectivity index (χ4v) is 2.52. The van der Waals surface area contributed by atoms with Crippen LogP contribution in [-0.4, -0.2) is 18.1 Å². The summed E-state index contributed by atoms with van der Waals surface area (Å²) >= 11 is 9.38. The number of ether oxygens (including phenoxy) is 1. The molecule has 0 spiro atoms. The van der Waals surface area contributed by atoms with Crippen molar-refractivity contribution in [2.75, 3.05) is 11.9 Å². The molecule has 6 heteroatoms. The van der Waals surface area contributed by atoms with Gasteiger partial charge in [-0.3, -0.25) is 4.79 Å². The Kier molecular flexibility index (Phi) is 6.30. The monoisotopic (exact) mass is 362 g/mol. The fraction of sp³-hybridized carbons (Fsp3) is 0.500. The Labute approximate surface area is 133 Å². The molecule has 0 heterocycles. The van der Waals surface area contributed by atoms with E-state index >= 15 is 0 Å². The second kappa shape index (κ2) is 7.29. The summed E-state index contributed by atoms with van der Waals surface area (Å²) in [7, 11) is 0. The highest BCUT2D eigenvalue weighted by Gasteiger charge is 2.16. The van der Waals surface area contributed by atoms with Crippen molar-refractivity contribution in [1.82, 2.24) is 0 Å². The Morgan fingerprint density at radius 2 is 2.15 bits per heavy atom. The lowest BCUT2D eigenvalue weighted by Gasteiger charge is -2.18. The number of hydrogen-bond acceptors (Lipinski definition) is 3. The molecule has 0 aliphatic heterocycles. The third-order valence-electron chi connectivity index (χ3n) is 2.57. The number of nitrogens with one attached hydrogen (secondary N) is 1. The largest absolute Gasteiger partial charge is 0.491 e. The van der Waals surface area contributed by atoms with Crippen molar-refractivity contribution in [3.05, 3.63) is 21.6 Å². The standard InChI is InChI=1S/C14H20BrClN2O2/c1-4-20-13-10(15)7-9(16)8-11(13)18-12(19)5-6-14(2,3)17/h7-8H,4-6,17H2,1-3H3,(H,18,19). The molecular formula is C14H20BrClN2O2. The minimum atomic E-state index is -0.366. The Balaban J connectivity index is 2.83. The van der Waals surface area contributed by atoms with Crippen molar-refractivity contribution in [3.63, 3.8) is 0 Å². The zero-order chi connectivity index (χ0) is 15.3. The van der Waals surface area contributed by atoms with Gasteiger partial charge in [0.2, 0.25) is 5.91 Å². The summed E-state index contributed by atoms with van der Waals surface area (Å²) in [4.78, 5) is 12.0. The molecule has 0 saturated carbocycles. The average Bonchev–Trinajstić information content (AvgIpc) is 2.30. The third kappa shape index (κ3) is 5.69. The van der Waals surface area contributed by atoms with E-state index in [1.807, 2.05) is 20.8 Å². The molecule has 0 bridgehead atoms. The van der Waals surface area contributed by atoms with Gasteiger partial charge in [-0.1, -0.05) is 11.6 Å². The molecule has 20 heavy (non-hydrogen) atoms. The van der Waals surface area contributed by atoms with E-state index in [-0.39, 0.29) is 11.4 Å². The number of halogens is 2. The van der Waals surface area contributed by atoms with E-state index in [1.54, 1.807) is 12.1 Å². The van der Waals surface area contributed by atoms with Gasteiger partial charge in [0.15, 0.2) is 5.75 Å². The SMILES string of the molecule is CCOc1c(Br)cc(Cl)cc1NC(=O)CCC(C)(C)N. The molecule has 1 amide bonds. The van der Waals surface area contributed by atoms with Gasteiger partial charge in [-0.2, -0.15) is 0 Å². The smallest absolute Gasteiger partial charge is 0.224 e. The second-order valence-corrected chi connectivity index (χ2v) is 6.52. The summed E-state index contributed by atoms with van der Waals surface area (Å²) in [5.41, 5.74) is 6.06. The molecule has 3 N–H and O–H groups in total. The Morgan fingerprint density at radius 1 is 1.50 bits per heavy atom. The van der Waals surface area contributed by atoms with Crippen molar-refractivity contribution >= 4 is 39.1 Å². The summed E-state index contributed by atoms with van der Waals surface area (Å²) in [6.07, 6.45) is 0.948. The van der Waals surface area contributed by atoms with Crippen LogP contribution in [0.25, 0.3) is 0 Å². The molecule has 0 aromatic heterocycles. The van der Waals surface area contributed by atoms with Crippen LogP contribution in [-0.2, 0) is 4.79 Å². The van der Waals surface area contributed by atoms with Gasteiger partial charge in [0, 0.05) is 17.0 Å². The van der Waals surface area contributed by atoms with E-state index in [0.717, 1.165) is 0 Å². The molecule has 0 saturated heterocycles. The first-order valence-electron chi connectivity index (χ1n) is 6.43. The molecule has 4 nitrogen and oxygen atoms in total. The third-order valence-corrected chi connectivity index (χ3v) is 3.37. The first-order chi connectivity index (χ1) is 9.23. The van der Waals surface area contributed by atoms with E-state index < -0.39 is 0 Å². The molecule has 0 fully saturated rings. The molecule has 1 rings (SSSR count). The van der Waals surface area contributed by atoms with Crippen molar-refractivity contribution in [2.24, 2.45) is 5.73 Å². The topological polar surface area (TPSA) is 64.3 Å². The van der Waals surface area contributed by atoms with Gasteiger partial charge in [-0.15, -0.1) is 0 Å². The Morgan fingerprint density at radius 3 is 2.70 bits per heavy atom. The first-order valence-corrected chi connectivity index (χ1v) is 7.60. The number of rotatable bonds is 6. The number of nitrogens with two attached hydrogens (primary N) is 1. The predicted octanol–water partition coefficient (Wildman–Crippen LogP) is 3.96. The van der Waals surface area contributed by atoms with Gasteiger partial charge >= 0.3 is 0 Å². The molecule has 0 atom stereocenters. The van der Waals surface area contributed by atoms with E-state index in [0.29, 0.717) is 40.4 Å². The highest BCUT2D eigenvalue weighted by Crippen LogP contribution is 2.36. The van der Waals surface area contributed by atoms with Crippen LogP contribution in [0.1, 0.15) is 33.6 Å². The summed E-state index contributed by atoms with van der Waals surface area (Å²) in [5.74, 6) is 0.468. The van der Waals surface area contributed by atoms with Crippen LogP contribution in [0.5, 0.6) is 5.75 Å². The molecule has 0 radical (unpaired) electrons. The lowest BCUT2D eigenvalue weighted by Crippen LogP contribution is -2.33. The number of amides is 1. The quantitative estimate of drug-likeness (QED) is 0.804. The van der Waals surface area contributed by atoms with Gasteiger partial charge in [-0.25, -0.2) is 0 Å². The van der Waals surface area contributed by atoms with Gasteiger partial charge in [0.05, 0.1) is 16.8 Å². The Hall–Kier alpha value is -0.780. The summed E-state index contributed by atoms with van der Waals surface area (Å²) in [5, 5.41) is 3.34. The lowest BCUT2D eigenvalue weighted by molar-refractivity contribution is -0.116. The number of carbonyl (C=O) groups excluding carboxylic acids is 1. The highest BCUT2D eigenvalue weighted by atomic mass is 79.9. The van der Waals surface area contributed by atoms with E-state index in [4.69, 9.17) is 22.1 Å². The minimum absolute atomic E-state index is 0.112. The zero-order valence-corrected chi connectivity index (χ0v) is 14.3. The Bertz CT molecular complexity index is 487. The number of benzene rings is 1. The number of hydrogen-bond donors (Lipinski definition) is 2. The predicted molar refractivity (Wildman–Crippen MR) is 86.5 cm³/mol. The van der Waals surface area contributed by atoms with Gasteiger partial charge in [0.25, 0.3) is 0 Å². The number of anilines is 1. The summed E-state index contributed by atoms with van der Waals surface area (Å²) in [6, 6.07) is 3.40. The van der Waals surface area contributed by atoms with Crippen LogP contribution in [0.4, 0.5) is 5.69 Å². The first kappa shape index (κ1) is 17.3. The van der Waals surface area contributed by atoms with E-state index in [1.165, 1.54) is 0 Å². The zero-order valence-electron chi connectivity index (χ0n) is 11.9. The summed E-state index contributed by atoms with van der Waals surface area (Å²) in [6.45, 7) is 6.16. The van der Waals surface area contributed by atoms with Crippen LogP contribution in [0.2, 0.25) is 5.02 Å². The number of carbonyl (C=O) groups is 1. The van der Waals surface area contributed by atoms with Gasteiger partial charge < -0.3 is 15.8 Å². The molecule has 0 aliphatic rings. The van der Waals surface area contributed by atoms with Crippen LogP contribution >= 0.6 is 27.5 Å². The highest BCUT2D eigenvalue weighted by molar-refractivity contribution is 9.10. The average molecular weight is 364 g/mol. The van der Waals surface area contributed by atoms with Gasteiger partial charge in [0.1, 0.15) is 0 Å². The maximum Gasteiger partial charge on any atom is 0.224 e. The van der Waals surface area contributed by atoms with E-state index in [9.17, 15) is 4.79 Å². The van der Waals surface area contributed by atoms with Crippen molar-refractivity contribution in [3.8, 4) is 5.75 Å². The van der Waals surface area contributed by atoms with Crippen LogP contribution in [0.15, 0.2) is 16.6 Å². The molecule has 1 aromatic carbocycles. The van der Waals surface area contributed by atoms with E-state index in [2.05, 4.69) is 21.2 Å². The molecule has 0 aliphatic carbocycles. The second-order valence-electron chi connectivity index (χ2n) is 5.23. The van der Waals surface area contributed by atoms with Crippen molar-refractivity contribution in [2.45, 2.75) is 39.2 Å². The molecular weight excluding hydrogens is 344 g/mol. The lowest BCUT2D eigenvalue weighted by atomic mass is 10.00. The normalized spacial score (nSPS) is 11.3. The minimum Gasteiger partial charge on any atom is -0.491 e. The summed E-state index contributed by atoms with van der Waals surface area (Å²) < 4.78 is 6.23. The van der Waals surface area contributed by atoms with Crippen LogP contribution in [0.3, 0.4) is 0 Å². The fourth-order valence-electron chi connectivity index (χ4n) is 1.59. The van der Waals surface area contributed by atoms with Crippen LogP contribution in [0, 0.1) is 0 Å². The van der Waals surface area contributed by atoms with Gasteiger partial charge in [-0.05, 0) is 55.3 Å². The maximum atomic E-state index is 12.0.